The van der Waals surface area contributed by atoms with Crippen molar-refractivity contribution < 1.29 is 14.6 Å². The van der Waals surface area contributed by atoms with Crippen molar-refractivity contribution in [2.75, 3.05) is 20.8 Å². The van der Waals surface area contributed by atoms with E-state index in [1.165, 1.54) is 6.42 Å². The van der Waals surface area contributed by atoms with Gasteiger partial charge in [0.2, 0.25) is 0 Å². The standard InChI is InChI=1S/C13H18O3/c1-15-10-4-5-11(12(8-10)16-2)13(9-14)6-3-7-13/h4-5,8,14H,3,6-7,9H2,1-2H3. The quantitative estimate of drug-likeness (QED) is 0.848. The Balaban J connectivity index is 2.39. The Morgan fingerprint density at radius 2 is 2.00 bits per heavy atom. The molecule has 0 spiro atoms. The maximum absolute atomic E-state index is 9.55. The summed E-state index contributed by atoms with van der Waals surface area (Å²) in [6, 6.07) is 5.81. The van der Waals surface area contributed by atoms with Gasteiger partial charge in [-0.05, 0) is 18.9 Å². The topological polar surface area (TPSA) is 38.7 Å². The van der Waals surface area contributed by atoms with Gasteiger partial charge in [0, 0.05) is 17.0 Å². The van der Waals surface area contributed by atoms with Gasteiger partial charge < -0.3 is 14.6 Å². The van der Waals surface area contributed by atoms with E-state index >= 15 is 0 Å². The van der Waals surface area contributed by atoms with Gasteiger partial charge in [-0.3, -0.25) is 0 Å². The first-order chi connectivity index (χ1) is 7.75. The number of ether oxygens (including phenoxy) is 2. The molecule has 0 aromatic heterocycles. The summed E-state index contributed by atoms with van der Waals surface area (Å²) in [5, 5.41) is 9.55. The normalized spacial score (nSPS) is 17.7. The molecule has 1 N–H and O–H groups in total. The molecule has 3 heteroatoms. The zero-order chi connectivity index (χ0) is 11.6. The second-order valence-corrected chi connectivity index (χ2v) is 4.36. The lowest BCUT2D eigenvalue weighted by atomic mass is 9.65. The predicted molar refractivity (Wildman–Crippen MR) is 62.2 cm³/mol. The van der Waals surface area contributed by atoms with Crippen molar-refractivity contribution in [1.29, 1.82) is 0 Å². The van der Waals surface area contributed by atoms with E-state index in [4.69, 9.17) is 9.47 Å². The minimum Gasteiger partial charge on any atom is -0.497 e. The van der Waals surface area contributed by atoms with Crippen molar-refractivity contribution in [2.45, 2.75) is 24.7 Å². The molecule has 88 valence electrons. The highest BCUT2D eigenvalue weighted by molar-refractivity contribution is 5.46. The number of benzene rings is 1. The fourth-order valence-corrected chi connectivity index (χ4v) is 2.35. The van der Waals surface area contributed by atoms with E-state index in [1.54, 1.807) is 14.2 Å². The molecule has 16 heavy (non-hydrogen) atoms. The maximum atomic E-state index is 9.55. The molecule has 0 amide bonds. The van der Waals surface area contributed by atoms with Crippen molar-refractivity contribution in [2.24, 2.45) is 0 Å². The molecular weight excluding hydrogens is 204 g/mol. The molecule has 1 aliphatic carbocycles. The Morgan fingerprint density at radius 3 is 2.44 bits per heavy atom. The van der Waals surface area contributed by atoms with Crippen LogP contribution in [-0.2, 0) is 5.41 Å². The molecule has 1 aliphatic rings. The van der Waals surface area contributed by atoms with Crippen LogP contribution in [0.5, 0.6) is 11.5 Å². The van der Waals surface area contributed by atoms with Gasteiger partial charge >= 0.3 is 0 Å². The number of rotatable bonds is 4. The first-order valence-electron chi connectivity index (χ1n) is 5.59. The predicted octanol–water partition coefficient (Wildman–Crippen LogP) is 2.12. The Morgan fingerprint density at radius 1 is 1.25 bits per heavy atom. The average Bonchev–Trinajstić information content (AvgIpc) is 2.28. The van der Waals surface area contributed by atoms with Crippen LogP contribution in [0.1, 0.15) is 24.8 Å². The third-order valence-electron chi connectivity index (χ3n) is 3.59. The van der Waals surface area contributed by atoms with Crippen LogP contribution >= 0.6 is 0 Å². The van der Waals surface area contributed by atoms with E-state index in [0.29, 0.717) is 0 Å². The highest BCUT2D eigenvalue weighted by Crippen LogP contribution is 2.47. The molecule has 0 aliphatic heterocycles. The monoisotopic (exact) mass is 222 g/mol. The Hall–Kier alpha value is -1.22. The summed E-state index contributed by atoms with van der Waals surface area (Å²) < 4.78 is 10.5. The second-order valence-electron chi connectivity index (χ2n) is 4.36. The summed E-state index contributed by atoms with van der Waals surface area (Å²) in [7, 11) is 3.29. The van der Waals surface area contributed by atoms with Gasteiger partial charge in [-0.2, -0.15) is 0 Å². The average molecular weight is 222 g/mol. The molecule has 0 saturated heterocycles. The van der Waals surface area contributed by atoms with Crippen molar-refractivity contribution in [3.63, 3.8) is 0 Å². The van der Waals surface area contributed by atoms with Crippen molar-refractivity contribution in [3.05, 3.63) is 23.8 Å². The smallest absolute Gasteiger partial charge is 0.126 e. The van der Waals surface area contributed by atoms with Crippen LogP contribution in [0.15, 0.2) is 18.2 Å². The molecule has 1 aromatic carbocycles. The zero-order valence-corrected chi connectivity index (χ0v) is 9.82. The molecule has 0 heterocycles. The van der Waals surface area contributed by atoms with Gasteiger partial charge in [-0.15, -0.1) is 0 Å². The van der Waals surface area contributed by atoms with Gasteiger partial charge in [-0.1, -0.05) is 12.5 Å². The largest absolute Gasteiger partial charge is 0.497 e. The molecule has 0 atom stereocenters. The number of hydrogen-bond donors (Lipinski definition) is 1. The first kappa shape index (κ1) is 11.3. The minimum absolute atomic E-state index is 0.0857. The number of aliphatic hydroxyl groups is 1. The molecule has 1 fully saturated rings. The van der Waals surface area contributed by atoms with Gasteiger partial charge in [0.15, 0.2) is 0 Å². The van der Waals surface area contributed by atoms with Crippen LogP contribution < -0.4 is 9.47 Å². The SMILES string of the molecule is COc1ccc(C2(CO)CCC2)c(OC)c1. The Bertz CT molecular complexity index is 364. The molecule has 0 unspecified atom stereocenters. The van der Waals surface area contributed by atoms with Crippen LogP contribution in [0.4, 0.5) is 0 Å². The molecule has 2 rings (SSSR count). The summed E-state index contributed by atoms with van der Waals surface area (Å²) in [5.41, 5.74) is 1.02. The van der Waals surface area contributed by atoms with Crippen molar-refractivity contribution in [1.82, 2.24) is 0 Å². The third-order valence-corrected chi connectivity index (χ3v) is 3.59. The molecule has 3 nitrogen and oxygen atoms in total. The summed E-state index contributed by atoms with van der Waals surface area (Å²) in [6.45, 7) is 0.190. The van der Waals surface area contributed by atoms with Gasteiger partial charge in [0.05, 0.1) is 20.8 Å². The summed E-state index contributed by atoms with van der Waals surface area (Å²) in [6.07, 6.45) is 3.24. The summed E-state index contributed by atoms with van der Waals surface area (Å²) in [5.74, 6) is 1.60. The van der Waals surface area contributed by atoms with E-state index in [1.807, 2.05) is 18.2 Å². The van der Waals surface area contributed by atoms with Crippen LogP contribution in [0.2, 0.25) is 0 Å². The maximum Gasteiger partial charge on any atom is 0.126 e. The van der Waals surface area contributed by atoms with Crippen LogP contribution in [0, 0.1) is 0 Å². The van der Waals surface area contributed by atoms with E-state index in [0.717, 1.165) is 29.9 Å². The molecular formula is C13H18O3. The van der Waals surface area contributed by atoms with Crippen molar-refractivity contribution in [3.8, 4) is 11.5 Å². The summed E-state index contributed by atoms with van der Waals surface area (Å²) >= 11 is 0. The van der Waals surface area contributed by atoms with Crippen LogP contribution in [-0.4, -0.2) is 25.9 Å². The van der Waals surface area contributed by atoms with Gasteiger partial charge in [0.25, 0.3) is 0 Å². The highest BCUT2D eigenvalue weighted by Gasteiger charge is 2.40. The molecule has 0 bridgehead atoms. The Labute approximate surface area is 96.0 Å². The lowest BCUT2D eigenvalue weighted by Gasteiger charge is -2.41. The van der Waals surface area contributed by atoms with E-state index in [2.05, 4.69) is 0 Å². The van der Waals surface area contributed by atoms with Crippen LogP contribution in [0.25, 0.3) is 0 Å². The lowest BCUT2D eigenvalue weighted by Crippen LogP contribution is -2.38. The van der Waals surface area contributed by atoms with E-state index in [-0.39, 0.29) is 12.0 Å². The van der Waals surface area contributed by atoms with Gasteiger partial charge in [0.1, 0.15) is 11.5 Å². The minimum atomic E-state index is -0.0857. The number of aliphatic hydroxyl groups excluding tert-OH is 1. The summed E-state index contributed by atoms with van der Waals surface area (Å²) in [4.78, 5) is 0. The fourth-order valence-electron chi connectivity index (χ4n) is 2.35. The lowest BCUT2D eigenvalue weighted by molar-refractivity contribution is 0.117. The van der Waals surface area contributed by atoms with Crippen molar-refractivity contribution >= 4 is 0 Å². The first-order valence-corrected chi connectivity index (χ1v) is 5.59. The van der Waals surface area contributed by atoms with E-state index in [9.17, 15) is 5.11 Å². The fraction of sp³-hybridized carbons (Fsp3) is 0.538. The second kappa shape index (κ2) is 4.34. The highest BCUT2D eigenvalue weighted by atomic mass is 16.5. The van der Waals surface area contributed by atoms with E-state index < -0.39 is 0 Å². The molecule has 0 radical (unpaired) electrons. The number of methoxy groups -OCH3 is 2. The molecule has 1 aromatic rings. The third kappa shape index (κ3) is 1.65. The number of hydrogen-bond acceptors (Lipinski definition) is 3. The zero-order valence-electron chi connectivity index (χ0n) is 9.82. The Kier molecular flexibility index (Phi) is 3.06. The van der Waals surface area contributed by atoms with Gasteiger partial charge in [-0.25, -0.2) is 0 Å². The molecule has 1 saturated carbocycles. The van der Waals surface area contributed by atoms with Crippen LogP contribution in [0.3, 0.4) is 0 Å².